The summed E-state index contributed by atoms with van der Waals surface area (Å²) in [5.41, 5.74) is 1.89. The summed E-state index contributed by atoms with van der Waals surface area (Å²) in [6.45, 7) is 3.02. The number of aromatic nitrogens is 1. The molecule has 0 saturated carbocycles. The Labute approximate surface area is 125 Å². The lowest BCUT2D eigenvalue weighted by Crippen LogP contribution is -2.32. The quantitative estimate of drug-likeness (QED) is 0.941. The number of hydrogen-bond acceptors (Lipinski definition) is 3. The van der Waals surface area contributed by atoms with Crippen molar-refractivity contribution in [2.75, 3.05) is 20.1 Å². The van der Waals surface area contributed by atoms with Gasteiger partial charge >= 0.3 is 0 Å². The smallest absolute Gasteiger partial charge is 0.132 e. The molecule has 1 aromatic heterocycles. The predicted molar refractivity (Wildman–Crippen MR) is 83.7 cm³/mol. The van der Waals surface area contributed by atoms with Gasteiger partial charge < -0.3 is 5.32 Å². The van der Waals surface area contributed by atoms with Gasteiger partial charge in [0.1, 0.15) is 5.82 Å². The molecule has 1 aromatic carbocycles. The molecule has 0 aliphatic carbocycles. The van der Waals surface area contributed by atoms with Crippen molar-refractivity contribution in [2.24, 2.45) is 0 Å². The maximum Gasteiger partial charge on any atom is 0.132 e. The molecule has 1 unspecified atom stereocenters. The van der Waals surface area contributed by atoms with E-state index in [4.69, 9.17) is 0 Å². The van der Waals surface area contributed by atoms with Crippen molar-refractivity contribution in [2.45, 2.75) is 31.8 Å². The van der Waals surface area contributed by atoms with E-state index in [1.54, 1.807) is 24.4 Å². The van der Waals surface area contributed by atoms with Crippen molar-refractivity contribution in [3.8, 4) is 0 Å². The Morgan fingerprint density at radius 2 is 2.19 bits per heavy atom. The summed E-state index contributed by atoms with van der Waals surface area (Å²) < 4.78 is 13.9. The first-order chi connectivity index (χ1) is 10.3. The summed E-state index contributed by atoms with van der Waals surface area (Å²) in [6.07, 6.45) is 5.34. The molecule has 21 heavy (non-hydrogen) atoms. The zero-order valence-corrected chi connectivity index (χ0v) is 12.5. The minimum absolute atomic E-state index is 0.192. The largest absolute Gasteiger partial charge is 0.317 e. The van der Waals surface area contributed by atoms with Crippen LogP contribution in [0.1, 0.15) is 24.8 Å². The van der Waals surface area contributed by atoms with E-state index in [9.17, 15) is 4.39 Å². The van der Waals surface area contributed by atoms with Gasteiger partial charge in [-0.2, -0.15) is 0 Å². The highest BCUT2D eigenvalue weighted by Crippen LogP contribution is 2.22. The Balaban J connectivity index is 1.82. The van der Waals surface area contributed by atoms with Gasteiger partial charge in [-0.3, -0.25) is 9.88 Å². The van der Waals surface area contributed by atoms with Gasteiger partial charge in [0.05, 0.1) is 5.52 Å². The Bertz CT molecular complexity index is 606. The van der Waals surface area contributed by atoms with Crippen LogP contribution in [-0.4, -0.2) is 36.1 Å². The Morgan fingerprint density at radius 3 is 3.10 bits per heavy atom. The van der Waals surface area contributed by atoms with E-state index in [-0.39, 0.29) is 5.82 Å². The van der Waals surface area contributed by atoms with Crippen molar-refractivity contribution in [1.82, 2.24) is 15.2 Å². The molecule has 0 amide bonds. The van der Waals surface area contributed by atoms with Crippen molar-refractivity contribution >= 4 is 10.9 Å². The molecule has 1 saturated heterocycles. The van der Waals surface area contributed by atoms with Crippen LogP contribution in [0.25, 0.3) is 10.9 Å². The van der Waals surface area contributed by atoms with Crippen LogP contribution in [-0.2, 0) is 6.54 Å². The van der Waals surface area contributed by atoms with E-state index in [0.717, 1.165) is 30.7 Å². The number of hydrogen-bond donors (Lipinski definition) is 1. The van der Waals surface area contributed by atoms with Gasteiger partial charge in [0.25, 0.3) is 0 Å². The van der Waals surface area contributed by atoms with E-state index in [0.29, 0.717) is 11.4 Å². The van der Waals surface area contributed by atoms with Crippen LogP contribution in [0, 0.1) is 5.82 Å². The van der Waals surface area contributed by atoms with Crippen molar-refractivity contribution in [3.63, 3.8) is 0 Å². The lowest BCUT2D eigenvalue weighted by atomic mass is 10.1. The molecule has 4 heteroatoms. The van der Waals surface area contributed by atoms with Gasteiger partial charge in [-0.1, -0.05) is 6.07 Å². The highest BCUT2D eigenvalue weighted by Gasteiger charge is 2.18. The maximum absolute atomic E-state index is 13.9. The molecular weight excluding hydrogens is 265 g/mol. The molecule has 3 nitrogen and oxygen atoms in total. The van der Waals surface area contributed by atoms with E-state index in [1.165, 1.54) is 19.3 Å². The molecular formula is C17H22FN3. The van der Waals surface area contributed by atoms with Crippen LogP contribution in [0.3, 0.4) is 0 Å². The van der Waals surface area contributed by atoms with Crippen LogP contribution >= 0.6 is 0 Å². The summed E-state index contributed by atoms with van der Waals surface area (Å²) in [5, 5.41) is 4.06. The summed E-state index contributed by atoms with van der Waals surface area (Å²) >= 11 is 0. The second kappa shape index (κ2) is 6.50. The maximum atomic E-state index is 13.9. The lowest BCUT2D eigenvalue weighted by molar-refractivity contribution is 0.217. The van der Waals surface area contributed by atoms with Gasteiger partial charge in [0.2, 0.25) is 0 Å². The topological polar surface area (TPSA) is 28.2 Å². The van der Waals surface area contributed by atoms with E-state index in [1.807, 2.05) is 6.07 Å². The average molecular weight is 287 g/mol. The fourth-order valence-corrected chi connectivity index (χ4v) is 3.16. The normalized spacial score (nSPS) is 19.9. The Morgan fingerprint density at radius 1 is 1.29 bits per heavy atom. The molecule has 1 fully saturated rings. The third-order valence-electron chi connectivity index (χ3n) is 4.39. The lowest BCUT2D eigenvalue weighted by Gasteiger charge is -2.27. The van der Waals surface area contributed by atoms with Crippen molar-refractivity contribution < 1.29 is 4.39 Å². The minimum atomic E-state index is -0.192. The number of halogens is 1. The summed E-state index contributed by atoms with van der Waals surface area (Å²) in [7, 11) is 2.16. The minimum Gasteiger partial charge on any atom is -0.317 e. The highest BCUT2D eigenvalue weighted by molar-refractivity contribution is 5.82. The zero-order chi connectivity index (χ0) is 14.7. The summed E-state index contributed by atoms with van der Waals surface area (Å²) in [4.78, 5) is 6.76. The van der Waals surface area contributed by atoms with Gasteiger partial charge in [0, 0.05) is 24.2 Å². The van der Waals surface area contributed by atoms with Crippen LogP contribution in [0.15, 0.2) is 30.5 Å². The third-order valence-corrected chi connectivity index (χ3v) is 4.39. The number of rotatable bonds is 3. The summed E-state index contributed by atoms with van der Waals surface area (Å²) in [5.74, 6) is -0.192. The van der Waals surface area contributed by atoms with Crippen LogP contribution < -0.4 is 5.32 Å². The van der Waals surface area contributed by atoms with Crippen molar-refractivity contribution in [1.29, 1.82) is 0 Å². The molecule has 3 rings (SSSR count). The molecule has 0 bridgehead atoms. The van der Waals surface area contributed by atoms with Crippen LogP contribution in [0.4, 0.5) is 4.39 Å². The van der Waals surface area contributed by atoms with E-state index in [2.05, 4.69) is 22.2 Å². The molecule has 1 atom stereocenters. The molecule has 2 aromatic rings. The number of fused-ring (bicyclic) bond motifs is 1. The molecule has 0 spiro atoms. The molecule has 0 radical (unpaired) electrons. The van der Waals surface area contributed by atoms with Crippen LogP contribution in [0.5, 0.6) is 0 Å². The fourth-order valence-electron chi connectivity index (χ4n) is 3.16. The molecule has 112 valence electrons. The number of nitrogens with one attached hydrogen (secondary N) is 1. The standard InChI is InChI=1S/C17H22FN3/c1-21(14-4-2-9-19-11-8-14)12-13-6-7-16(18)15-5-3-10-20-17(13)15/h3,5-7,10,14,19H,2,4,8-9,11-12H2,1H3. The highest BCUT2D eigenvalue weighted by atomic mass is 19.1. The van der Waals surface area contributed by atoms with E-state index < -0.39 is 0 Å². The van der Waals surface area contributed by atoms with Crippen molar-refractivity contribution in [3.05, 3.63) is 41.8 Å². The molecule has 1 aliphatic heterocycles. The van der Waals surface area contributed by atoms with Gasteiger partial charge in [-0.05, 0) is 63.2 Å². The second-order valence-electron chi connectivity index (χ2n) is 5.86. The molecule has 2 heterocycles. The first-order valence-corrected chi connectivity index (χ1v) is 7.69. The Kier molecular flexibility index (Phi) is 4.46. The van der Waals surface area contributed by atoms with Gasteiger partial charge in [-0.25, -0.2) is 4.39 Å². The summed E-state index contributed by atoms with van der Waals surface area (Å²) in [6, 6.07) is 7.61. The van der Waals surface area contributed by atoms with Crippen LogP contribution in [0.2, 0.25) is 0 Å². The SMILES string of the molecule is CN(Cc1ccc(F)c2cccnc12)C1CCCNCC1. The predicted octanol–water partition coefficient (Wildman–Crippen LogP) is 2.95. The van der Waals surface area contributed by atoms with Gasteiger partial charge in [-0.15, -0.1) is 0 Å². The zero-order valence-electron chi connectivity index (χ0n) is 12.5. The first-order valence-electron chi connectivity index (χ1n) is 7.69. The Hall–Kier alpha value is -1.52. The number of pyridine rings is 1. The molecule has 1 aliphatic rings. The van der Waals surface area contributed by atoms with E-state index >= 15 is 0 Å². The third kappa shape index (κ3) is 3.22. The van der Waals surface area contributed by atoms with Gasteiger partial charge in [0.15, 0.2) is 0 Å². The number of benzene rings is 1. The average Bonchev–Trinajstić information content (AvgIpc) is 2.79. The second-order valence-corrected chi connectivity index (χ2v) is 5.86. The number of nitrogens with zero attached hydrogens (tertiary/aromatic N) is 2. The monoisotopic (exact) mass is 287 g/mol. The first kappa shape index (κ1) is 14.4. The fraction of sp³-hybridized carbons (Fsp3) is 0.471. The molecule has 1 N–H and O–H groups in total.